The third-order valence-corrected chi connectivity index (χ3v) is 2.39. The number of anilines is 2. The zero-order valence-corrected chi connectivity index (χ0v) is 10.1. The summed E-state index contributed by atoms with van der Waals surface area (Å²) in [6, 6.07) is 4.43. The van der Waals surface area contributed by atoms with Gasteiger partial charge in [-0.15, -0.1) is 0 Å². The quantitative estimate of drug-likeness (QED) is 0.574. The molecule has 0 bridgehead atoms. The second-order valence-electron chi connectivity index (χ2n) is 3.87. The summed E-state index contributed by atoms with van der Waals surface area (Å²) < 4.78 is 13.5. The summed E-state index contributed by atoms with van der Waals surface area (Å²) in [6.07, 6.45) is 2.63. The lowest BCUT2D eigenvalue weighted by molar-refractivity contribution is 0.102. The lowest BCUT2D eigenvalue weighted by Gasteiger charge is -2.07. The van der Waals surface area contributed by atoms with Crippen molar-refractivity contribution in [2.24, 2.45) is 5.84 Å². The first-order chi connectivity index (χ1) is 9.10. The average Bonchev–Trinajstić information content (AvgIpc) is 2.43. The summed E-state index contributed by atoms with van der Waals surface area (Å²) in [7, 11) is 0. The van der Waals surface area contributed by atoms with Crippen LogP contribution in [0.5, 0.6) is 0 Å². The Labute approximate surface area is 108 Å². The van der Waals surface area contributed by atoms with E-state index in [-0.39, 0.29) is 17.2 Å². The van der Waals surface area contributed by atoms with Crippen molar-refractivity contribution in [3.63, 3.8) is 0 Å². The maximum atomic E-state index is 13.5. The molecule has 0 spiro atoms. The standard InChI is InChI=1S/C12H12FN5O/c1-7-2-3-8(13)9(4-7)17-12(19)10-5-15-6-11(16-10)18-14/h2-6H,14H2,1H3,(H,16,18)(H,17,19). The minimum Gasteiger partial charge on any atom is -0.318 e. The van der Waals surface area contributed by atoms with Crippen LogP contribution >= 0.6 is 0 Å². The molecule has 1 heterocycles. The van der Waals surface area contributed by atoms with Crippen LogP contribution in [0.15, 0.2) is 30.6 Å². The van der Waals surface area contributed by atoms with Crippen molar-refractivity contribution < 1.29 is 9.18 Å². The molecule has 0 radical (unpaired) electrons. The molecule has 4 N–H and O–H groups in total. The number of aromatic nitrogens is 2. The molecule has 2 aromatic rings. The normalized spacial score (nSPS) is 10.1. The van der Waals surface area contributed by atoms with Gasteiger partial charge in [-0.3, -0.25) is 9.78 Å². The maximum Gasteiger partial charge on any atom is 0.276 e. The highest BCUT2D eigenvalue weighted by molar-refractivity contribution is 6.02. The van der Waals surface area contributed by atoms with Crippen molar-refractivity contribution in [3.8, 4) is 0 Å². The fraction of sp³-hybridized carbons (Fsp3) is 0.0833. The van der Waals surface area contributed by atoms with E-state index in [0.717, 1.165) is 5.56 Å². The Balaban J connectivity index is 2.22. The minimum absolute atomic E-state index is 0.0383. The molecule has 0 aliphatic heterocycles. The third kappa shape index (κ3) is 3.02. The molecule has 0 unspecified atom stereocenters. The number of nitrogens with one attached hydrogen (secondary N) is 2. The smallest absolute Gasteiger partial charge is 0.276 e. The van der Waals surface area contributed by atoms with E-state index in [9.17, 15) is 9.18 Å². The molecule has 0 fully saturated rings. The van der Waals surface area contributed by atoms with Gasteiger partial charge in [-0.25, -0.2) is 15.2 Å². The Bertz CT molecular complexity index is 617. The van der Waals surface area contributed by atoms with Crippen molar-refractivity contribution in [1.82, 2.24) is 9.97 Å². The van der Waals surface area contributed by atoms with Gasteiger partial charge in [-0.1, -0.05) is 6.07 Å². The van der Waals surface area contributed by atoms with Crippen LogP contribution in [0, 0.1) is 12.7 Å². The molecule has 6 nitrogen and oxygen atoms in total. The number of aryl methyl sites for hydroxylation is 1. The average molecular weight is 261 g/mol. The van der Waals surface area contributed by atoms with Crippen LogP contribution in [-0.2, 0) is 0 Å². The number of benzene rings is 1. The van der Waals surface area contributed by atoms with Crippen LogP contribution in [0.2, 0.25) is 0 Å². The predicted molar refractivity (Wildman–Crippen MR) is 68.9 cm³/mol. The summed E-state index contributed by atoms with van der Waals surface area (Å²) in [6.45, 7) is 1.80. The monoisotopic (exact) mass is 261 g/mol. The second-order valence-corrected chi connectivity index (χ2v) is 3.87. The van der Waals surface area contributed by atoms with Crippen LogP contribution in [0.25, 0.3) is 0 Å². The number of hydrogen-bond donors (Lipinski definition) is 3. The number of hydrogen-bond acceptors (Lipinski definition) is 5. The van der Waals surface area contributed by atoms with Crippen LogP contribution in [-0.4, -0.2) is 15.9 Å². The van der Waals surface area contributed by atoms with Crippen molar-refractivity contribution in [2.75, 3.05) is 10.7 Å². The molecule has 98 valence electrons. The Morgan fingerprint density at radius 2 is 2.16 bits per heavy atom. The lowest BCUT2D eigenvalue weighted by atomic mass is 10.2. The number of carbonyl (C=O) groups excluding carboxylic acids is 1. The summed E-state index contributed by atoms with van der Waals surface area (Å²) in [4.78, 5) is 19.6. The first-order valence-corrected chi connectivity index (χ1v) is 5.46. The van der Waals surface area contributed by atoms with Gasteiger partial charge in [0, 0.05) is 0 Å². The number of rotatable bonds is 3. The van der Waals surface area contributed by atoms with Crippen molar-refractivity contribution >= 4 is 17.4 Å². The molecule has 1 aromatic carbocycles. The zero-order chi connectivity index (χ0) is 13.8. The van der Waals surface area contributed by atoms with Crippen LogP contribution < -0.4 is 16.6 Å². The molecule has 1 amide bonds. The van der Waals surface area contributed by atoms with E-state index in [0.29, 0.717) is 0 Å². The fourth-order valence-corrected chi connectivity index (χ4v) is 1.47. The molecular formula is C12H12FN5O. The van der Waals surface area contributed by atoms with Gasteiger partial charge in [-0.05, 0) is 24.6 Å². The number of nitrogens with two attached hydrogens (primary N) is 1. The number of hydrazine groups is 1. The molecule has 0 aliphatic carbocycles. The van der Waals surface area contributed by atoms with Gasteiger partial charge in [0.2, 0.25) is 0 Å². The SMILES string of the molecule is Cc1ccc(F)c(NC(=O)c2cncc(NN)n2)c1. The van der Waals surface area contributed by atoms with Gasteiger partial charge in [0.05, 0.1) is 18.1 Å². The van der Waals surface area contributed by atoms with E-state index in [1.165, 1.54) is 24.5 Å². The Morgan fingerprint density at radius 3 is 2.89 bits per heavy atom. The highest BCUT2D eigenvalue weighted by Crippen LogP contribution is 2.16. The molecule has 0 aliphatic rings. The molecule has 0 atom stereocenters. The Kier molecular flexibility index (Phi) is 3.67. The number of amides is 1. The summed E-state index contributed by atoms with van der Waals surface area (Å²) in [5, 5.41) is 2.43. The number of nitrogens with zero attached hydrogens (tertiary/aromatic N) is 2. The summed E-state index contributed by atoms with van der Waals surface area (Å²) in [5.41, 5.74) is 3.25. The molecule has 19 heavy (non-hydrogen) atoms. The summed E-state index contributed by atoms with van der Waals surface area (Å²) >= 11 is 0. The number of halogens is 1. The second kappa shape index (κ2) is 5.40. The van der Waals surface area contributed by atoms with E-state index in [4.69, 9.17) is 5.84 Å². The van der Waals surface area contributed by atoms with Crippen LogP contribution in [0.1, 0.15) is 16.1 Å². The first kappa shape index (κ1) is 12.9. The van der Waals surface area contributed by atoms with Gasteiger partial charge in [0.15, 0.2) is 5.82 Å². The third-order valence-electron chi connectivity index (χ3n) is 2.39. The molecule has 7 heteroatoms. The van der Waals surface area contributed by atoms with E-state index < -0.39 is 11.7 Å². The van der Waals surface area contributed by atoms with Gasteiger partial charge in [0.1, 0.15) is 11.5 Å². The summed E-state index contributed by atoms with van der Waals surface area (Å²) in [5.74, 6) is 4.34. The van der Waals surface area contributed by atoms with Crippen molar-refractivity contribution in [2.45, 2.75) is 6.92 Å². The van der Waals surface area contributed by atoms with Crippen LogP contribution in [0.3, 0.4) is 0 Å². The van der Waals surface area contributed by atoms with Crippen LogP contribution in [0.4, 0.5) is 15.9 Å². The Hall–Kier alpha value is -2.54. The van der Waals surface area contributed by atoms with Crippen molar-refractivity contribution in [3.05, 3.63) is 47.7 Å². The largest absolute Gasteiger partial charge is 0.318 e. The minimum atomic E-state index is -0.561. The highest BCUT2D eigenvalue weighted by atomic mass is 19.1. The first-order valence-electron chi connectivity index (χ1n) is 5.46. The van der Waals surface area contributed by atoms with E-state index in [2.05, 4.69) is 20.7 Å². The number of carbonyl (C=O) groups is 1. The lowest BCUT2D eigenvalue weighted by Crippen LogP contribution is -2.17. The predicted octanol–water partition coefficient (Wildman–Crippen LogP) is 1.46. The van der Waals surface area contributed by atoms with E-state index in [1.807, 2.05) is 0 Å². The maximum absolute atomic E-state index is 13.5. The molecule has 1 aromatic heterocycles. The fourth-order valence-electron chi connectivity index (χ4n) is 1.47. The highest BCUT2D eigenvalue weighted by Gasteiger charge is 2.11. The molecular weight excluding hydrogens is 249 g/mol. The van der Waals surface area contributed by atoms with Gasteiger partial charge >= 0.3 is 0 Å². The van der Waals surface area contributed by atoms with Gasteiger partial charge in [0.25, 0.3) is 5.91 Å². The molecule has 0 saturated carbocycles. The van der Waals surface area contributed by atoms with E-state index >= 15 is 0 Å². The molecule has 2 rings (SSSR count). The van der Waals surface area contributed by atoms with Gasteiger partial charge in [-0.2, -0.15) is 0 Å². The van der Waals surface area contributed by atoms with E-state index in [1.54, 1.807) is 13.0 Å². The molecule has 0 saturated heterocycles. The zero-order valence-electron chi connectivity index (χ0n) is 10.1. The Morgan fingerprint density at radius 1 is 1.37 bits per heavy atom. The van der Waals surface area contributed by atoms with Crippen molar-refractivity contribution in [1.29, 1.82) is 0 Å². The topological polar surface area (TPSA) is 92.9 Å². The number of nitrogen functional groups attached to an aromatic ring is 1. The van der Waals surface area contributed by atoms with Gasteiger partial charge < -0.3 is 10.7 Å².